The smallest absolute Gasteiger partial charge is 0.371 e. The first-order valence-electron chi connectivity index (χ1n) is 7.75. The van der Waals surface area contributed by atoms with Gasteiger partial charge in [-0.2, -0.15) is 23.4 Å². The van der Waals surface area contributed by atoms with Crippen LogP contribution >= 0.6 is 0 Å². The maximum atomic E-state index is 12.7. The molecule has 1 aliphatic heterocycles. The van der Waals surface area contributed by atoms with Crippen LogP contribution in [-0.4, -0.2) is 38.1 Å². The number of carbonyl (C=O) groups excluding carboxylic acids is 1. The molecule has 0 aliphatic carbocycles. The minimum atomic E-state index is -4.53. The van der Waals surface area contributed by atoms with Crippen LogP contribution in [0.3, 0.4) is 0 Å². The van der Waals surface area contributed by atoms with Gasteiger partial charge in [0, 0.05) is 31.1 Å². The second-order valence-corrected chi connectivity index (χ2v) is 6.03. The molecule has 25 heavy (non-hydrogen) atoms. The van der Waals surface area contributed by atoms with Gasteiger partial charge in [0.1, 0.15) is 12.6 Å². The van der Waals surface area contributed by atoms with Crippen molar-refractivity contribution < 1.29 is 22.7 Å². The number of nitrogens with zero attached hydrogens (tertiary/aromatic N) is 4. The van der Waals surface area contributed by atoms with E-state index in [1.807, 2.05) is 6.20 Å². The summed E-state index contributed by atoms with van der Waals surface area (Å²) in [5.74, 6) is -0.413. The summed E-state index contributed by atoms with van der Waals surface area (Å²) in [6, 6.07) is 0.666. The fourth-order valence-electron chi connectivity index (χ4n) is 2.85. The Morgan fingerprint density at radius 3 is 2.84 bits per heavy atom. The highest BCUT2D eigenvalue weighted by molar-refractivity contribution is 5.76. The first-order valence-corrected chi connectivity index (χ1v) is 7.75. The van der Waals surface area contributed by atoms with E-state index in [2.05, 4.69) is 15.5 Å². The minimum Gasteiger partial charge on any atom is -0.371 e. The summed E-state index contributed by atoms with van der Waals surface area (Å²) in [6.07, 6.45) is -0.749. The number of nitrogens with one attached hydrogen (secondary N) is 1. The van der Waals surface area contributed by atoms with Gasteiger partial charge in [0.15, 0.2) is 5.69 Å². The molecule has 0 saturated carbocycles. The molecule has 3 heterocycles. The molecule has 0 radical (unpaired) electrons. The molecule has 1 aliphatic rings. The SMILES string of the molecule is Cc1cc(C(F)(F)F)nn1CC(=O)N[C@H]1CCO[C@@H]1c1cnn(C)c1. The van der Waals surface area contributed by atoms with Gasteiger partial charge < -0.3 is 10.1 Å². The van der Waals surface area contributed by atoms with Crippen molar-refractivity contribution in [1.82, 2.24) is 24.9 Å². The molecule has 0 spiro atoms. The van der Waals surface area contributed by atoms with Gasteiger partial charge >= 0.3 is 6.18 Å². The molecular weight excluding hydrogens is 339 g/mol. The zero-order chi connectivity index (χ0) is 18.2. The molecule has 2 aromatic heterocycles. The second-order valence-electron chi connectivity index (χ2n) is 6.03. The fraction of sp³-hybridized carbons (Fsp3) is 0.533. The molecule has 1 N–H and O–H groups in total. The van der Waals surface area contributed by atoms with Gasteiger partial charge in [0.2, 0.25) is 5.91 Å². The normalized spacial score (nSPS) is 20.8. The van der Waals surface area contributed by atoms with Crippen molar-refractivity contribution in [3.8, 4) is 0 Å². The van der Waals surface area contributed by atoms with Crippen LogP contribution in [0.4, 0.5) is 13.2 Å². The highest BCUT2D eigenvalue weighted by Gasteiger charge is 2.35. The first kappa shape index (κ1) is 17.5. The molecule has 3 rings (SSSR count). The zero-order valence-corrected chi connectivity index (χ0v) is 13.7. The predicted molar refractivity (Wildman–Crippen MR) is 80.4 cm³/mol. The molecule has 0 aromatic carbocycles. The van der Waals surface area contributed by atoms with Crippen LogP contribution in [-0.2, 0) is 29.3 Å². The van der Waals surface area contributed by atoms with E-state index >= 15 is 0 Å². The number of ether oxygens (including phenoxy) is 1. The molecule has 2 atom stereocenters. The van der Waals surface area contributed by atoms with Crippen molar-refractivity contribution in [2.75, 3.05) is 6.61 Å². The van der Waals surface area contributed by atoms with Crippen molar-refractivity contribution in [3.05, 3.63) is 35.4 Å². The van der Waals surface area contributed by atoms with Gasteiger partial charge in [-0.25, -0.2) is 0 Å². The third-order valence-electron chi connectivity index (χ3n) is 4.06. The summed E-state index contributed by atoms with van der Waals surface area (Å²) in [4.78, 5) is 12.2. The highest BCUT2D eigenvalue weighted by atomic mass is 19.4. The Labute approximate surface area is 141 Å². The van der Waals surface area contributed by atoms with Gasteiger partial charge in [0.25, 0.3) is 0 Å². The van der Waals surface area contributed by atoms with Crippen molar-refractivity contribution >= 4 is 5.91 Å². The number of aryl methyl sites for hydroxylation is 2. The maximum Gasteiger partial charge on any atom is 0.435 e. The van der Waals surface area contributed by atoms with Crippen LogP contribution in [0.25, 0.3) is 0 Å². The molecular formula is C15H18F3N5O2. The Kier molecular flexibility index (Phi) is 4.55. The largest absolute Gasteiger partial charge is 0.435 e. The zero-order valence-electron chi connectivity index (χ0n) is 13.7. The lowest BCUT2D eigenvalue weighted by molar-refractivity contribution is -0.141. The topological polar surface area (TPSA) is 74.0 Å². The lowest BCUT2D eigenvalue weighted by Gasteiger charge is -2.19. The van der Waals surface area contributed by atoms with Gasteiger partial charge in [-0.1, -0.05) is 0 Å². The fourth-order valence-corrected chi connectivity index (χ4v) is 2.85. The Hall–Kier alpha value is -2.36. The van der Waals surface area contributed by atoms with Crippen LogP contribution in [0, 0.1) is 6.92 Å². The average molecular weight is 357 g/mol. The molecule has 7 nitrogen and oxygen atoms in total. The van der Waals surface area contributed by atoms with Crippen molar-refractivity contribution in [2.24, 2.45) is 7.05 Å². The van der Waals surface area contributed by atoms with Crippen LogP contribution < -0.4 is 5.32 Å². The lowest BCUT2D eigenvalue weighted by Crippen LogP contribution is -2.39. The van der Waals surface area contributed by atoms with Crippen LogP contribution in [0.2, 0.25) is 0 Å². The average Bonchev–Trinajstić information content (AvgIpc) is 3.20. The van der Waals surface area contributed by atoms with Crippen molar-refractivity contribution in [3.63, 3.8) is 0 Å². The second kappa shape index (κ2) is 6.51. The summed E-state index contributed by atoms with van der Waals surface area (Å²) in [5.41, 5.74) is 0.115. The number of rotatable bonds is 4. The van der Waals surface area contributed by atoms with Crippen LogP contribution in [0.15, 0.2) is 18.5 Å². The lowest BCUT2D eigenvalue weighted by atomic mass is 10.1. The minimum absolute atomic E-state index is 0.255. The summed E-state index contributed by atoms with van der Waals surface area (Å²) in [5, 5.41) is 10.4. The number of alkyl halides is 3. The van der Waals surface area contributed by atoms with Gasteiger partial charge in [-0.3, -0.25) is 14.2 Å². The van der Waals surface area contributed by atoms with Gasteiger partial charge in [-0.15, -0.1) is 0 Å². The molecule has 0 unspecified atom stereocenters. The molecule has 2 aromatic rings. The van der Waals surface area contributed by atoms with E-state index in [1.165, 1.54) is 6.92 Å². The van der Waals surface area contributed by atoms with E-state index in [0.29, 0.717) is 13.0 Å². The van der Waals surface area contributed by atoms with Crippen LogP contribution in [0.5, 0.6) is 0 Å². The Balaban J connectivity index is 1.65. The van der Waals surface area contributed by atoms with Gasteiger partial charge in [0.05, 0.1) is 12.2 Å². The quantitative estimate of drug-likeness (QED) is 0.902. The van der Waals surface area contributed by atoms with Gasteiger partial charge in [-0.05, 0) is 19.4 Å². The molecule has 1 amide bonds. The van der Waals surface area contributed by atoms with E-state index in [-0.39, 0.29) is 24.4 Å². The molecule has 136 valence electrons. The van der Waals surface area contributed by atoms with E-state index < -0.39 is 17.8 Å². The van der Waals surface area contributed by atoms with Crippen molar-refractivity contribution in [2.45, 2.75) is 38.2 Å². The molecule has 1 fully saturated rings. The van der Waals surface area contributed by atoms with E-state index in [0.717, 1.165) is 16.3 Å². The molecule has 0 bridgehead atoms. The molecule has 10 heteroatoms. The number of amides is 1. The number of aromatic nitrogens is 4. The Morgan fingerprint density at radius 1 is 1.48 bits per heavy atom. The third-order valence-corrected chi connectivity index (χ3v) is 4.06. The maximum absolute atomic E-state index is 12.7. The summed E-state index contributed by atoms with van der Waals surface area (Å²) >= 11 is 0. The summed E-state index contributed by atoms with van der Waals surface area (Å²) in [7, 11) is 1.78. The Morgan fingerprint density at radius 2 is 2.24 bits per heavy atom. The predicted octanol–water partition coefficient (Wildman–Crippen LogP) is 1.59. The summed E-state index contributed by atoms with van der Waals surface area (Å²) < 4.78 is 46.4. The third kappa shape index (κ3) is 3.84. The highest BCUT2D eigenvalue weighted by Crippen LogP contribution is 2.29. The van der Waals surface area contributed by atoms with Crippen LogP contribution in [0.1, 0.15) is 29.5 Å². The number of hydrogen-bond acceptors (Lipinski definition) is 4. The first-order chi connectivity index (χ1) is 11.7. The summed E-state index contributed by atoms with van der Waals surface area (Å²) in [6.45, 7) is 1.69. The van der Waals surface area contributed by atoms with Crippen molar-refractivity contribution in [1.29, 1.82) is 0 Å². The monoisotopic (exact) mass is 357 g/mol. The van der Waals surface area contributed by atoms with E-state index in [4.69, 9.17) is 4.74 Å². The number of carbonyl (C=O) groups is 1. The standard InChI is InChI=1S/C15H18F3N5O2/c1-9-5-12(15(16,17)18)21-23(9)8-13(24)20-11-3-4-25-14(11)10-6-19-22(2)7-10/h5-7,11,14H,3-4,8H2,1-2H3,(H,20,24)/t11-,14+/m0/s1. The number of hydrogen-bond donors (Lipinski definition) is 1. The van der Waals surface area contributed by atoms with E-state index in [9.17, 15) is 18.0 Å². The number of halogens is 3. The Bertz CT molecular complexity index is 768. The van der Waals surface area contributed by atoms with E-state index in [1.54, 1.807) is 17.9 Å². The molecule has 1 saturated heterocycles.